The first-order valence-electron chi connectivity index (χ1n) is 13.5. The Labute approximate surface area is 188 Å². The summed E-state index contributed by atoms with van der Waals surface area (Å²) in [5.74, 6) is 2.81. The number of hydrogen-bond acceptors (Lipinski definition) is 2. The van der Waals surface area contributed by atoms with Gasteiger partial charge in [-0.25, -0.2) is 0 Å². The van der Waals surface area contributed by atoms with Crippen molar-refractivity contribution in [3.63, 3.8) is 0 Å². The first-order chi connectivity index (χ1) is 14.1. The number of hydrogen-bond donors (Lipinski definition) is 0. The van der Waals surface area contributed by atoms with Crippen molar-refractivity contribution < 1.29 is 9.47 Å². The van der Waals surface area contributed by atoms with Crippen LogP contribution in [-0.4, -0.2) is 23.9 Å². The second-order valence-electron chi connectivity index (χ2n) is 12.7. The molecule has 0 atom stereocenters. The van der Waals surface area contributed by atoms with Crippen LogP contribution >= 0.6 is 0 Å². The molecule has 0 bridgehead atoms. The van der Waals surface area contributed by atoms with Crippen LogP contribution in [0.25, 0.3) is 0 Å². The van der Waals surface area contributed by atoms with Crippen LogP contribution in [0.3, 0.4) is 0 Å². The Kier molecular flexibility index (Phi) is 8.75. The Morgan fingerprint density at radius 1 is 0.600 bits per heavy atom. The third-order valence-electron chi connectivity index (χ3n) is 8.85. The van der Waals surface area contributed by atoms with Crippen molar-refractivity contribution in [2.75, 3.05) is 0 Å². The zero-order valence-electron chi connectivity index (χ0n) is 21.2. The molecule has 2 heteroatoms. The first kappa shape index (κ1) is 24.6. The van der Waals surface area contributed by atoms with Gasteiger partial charge in [0, 0.05) is 0 Å². The molecule has 0 saturated heterocycles. The van der Waals surface area contributed by atoms with Gasteiger partial charge in [-0.05, 0) is 127 Å². The molecule has 3 rings (SSSR count). The molecule has 0 aromatic carbocycles. The third kappa shape index (κ3) is 7.51. The molecule has 0 heterocycles. The zero-order chi connectivity index (χ0) is 21.8. The largest absolute Gasteiger partial charge is 0.375 e. The summed E-state index contributed by atoms with van der Waals surface area (Å²) >= 11 is 0. The predicted molar refractivity (Wildman–Crippen MR) is 128 cm³/mol. The highest BCUT2D eigenvalue weighted by Crippen LogP contribution is 2.42. The van der Waals surface area contributed by atoms with Crippen LogP contribution in [0.15, 0.2) is 0 Å². The van der Waals surface area contributed by atoms with E-state index in [-0.39, 0.29) is 5.60 Å². The maximum Gasteiger partial charge on any atom is 0.0602 e. The Bertz CT molecular complexity index is 481. The Morgan fingerprint density at radius 3 is 1.47 bits per heavy atom. The van der Waals surface area contributed by atoms with Crippen LogP contribution < -0.4 is 0 Å². The van der Waals surface area contributed by atoms with E-state index in [1.54, 1.807) is 0 Å². The first-order valence-corrected chi connectivity index (χ1v) is 13.5. The minimum absolute atomic E-state index is 0.0152. The fraction of sp³-hybridized carbons (Fsp3) is 1.00. The lowest BCUT2D eigenvalue weighted by Crippen LogP contribution is -2.34. The van der Waals surface area contributed by atoms with Crippen LogP contribution in [0.2, 0.25) is 0 Å². The number of rotatable bonds is 7. The van der Waals surface area contributed by atoms with Crippen LogP contribution in [0.1, 0.15) is 131 Å². The van der Waals surface area contributed by atoms with Crippen LogP contribution in [-0.2, 0) is 9.47 Å². The average Bonchev–Trinajstić information content (AvgIpc) is 2.70. The third-order valence-corrected chi connectivity index (χ3v) is 8.85. The summed E-state index contributed by atoms with van der Waals surface area (Å²) in [4.78, 5) is 0. The van der Waals surface area contributed by atoms with Gasteiger partial charge in [-0.15, -0.1) is 0 Å². The molecule has 176 valence electrons. The van der Waals surface area contributed by atoms with E-state index >= 15 is 0 Å². The highest BCUT2D eigenvalue weighted by molar-refractivity contribution is 4.85. The van der Waals surface area contributed by atoms with E-state index in [4.69, 9.17) is 9.47 Å². The fourth-order valence-corrected chi connectivity index (χ4v) is 6.50. The second-order valence-corrected chi connectivity index (χ2v) is 12.7. The molecule has 0 aliphatic heterocycles. The van der Waals surface area contributed by atoms with E-state index < -0.39 is 0 Å². The molecule has 3 saturated carbocycles. The van der Waals surface area contributed by atoms with Gasteiger partial charge in [-0.1, -0.05) is 27.2 Å². The zero-order valence-corrected chi connectivity index (χ0v) is 21.2. The minimum Gasteiger partial charge on any atom is -0.375 e. The molecule has 30 heavy (non-hydrogen) atoms. The van der Waals surface area contributed by atoms with E-state index in [1.165, 1.54) is 89.9 Å². The summed E-state index contributed by atoms with van der Waals surface area (Å²) in [5, 5.41) is 0. The van der Waals surface area contributed by atoms with Gasteiger partial charge in [0.15, 0.2) is 0 Å². The smallest absolute Gasteiger partial charge is 0.0602 e. The van der Waals surface area contributed by atoms with Gasteiger partial charge in [0.2, 0.25) is 0 Å². The van der Waals surface area contributed by atoms with E-state index in [0.717, 1.165) is 17.8 Å². The minimum atomic E-state index is 0.0152. The Morgan fingerprint density at radius 2 is 1.03 bits per heavy atom. The topological polar surface area (TPSA) is 18.5 Å². The fourth-order valence-electron chi connectivity index (χ4n) is 6.50. The SMILES string of the molecule is CCC(C)(C)C1CCC(OC2CCC(CC3CCC(OC(C)(C)C)CC3)CC2)CC1. The molecule has 0 aromatic rings. The molecule has 0 N–H and O–H groups in total. The molecular weight excluding hydrogens is 368 g/mol. The molecule has 3 aliphatic rings. The molecule has 0 aromatic heterocycles. The van der Waals surface area contributed by atoms with Gasteiger partial charge in [0.25, 0.3) is 0 Å². The van der Waals surface area contributed by atoms with Crippen molar-refractivity contribution in [3.8, 4) is 0 Å². The van der Waals surface area contributed by atoms with Crippen molar-refractivity contribution in [2.24, 2.45) is 23.2 Å². The van der Waals surface area contributed by atoms with E-state index in [1.807, 2.05) is 0 Å². The number of ether oxygens (including phenoxy) is 2. The molecule has 3 aliphatic carbocycles. The molecular formula is C28H52O2. The van der Waals surface area contributed by atoms with Crippen molar-refractivity contribution in [1.82, 2.24) is 0 Å². The Hall–Kier alpha value is -0.0800. The van der Waals surface area contributed by atoms with Crippen molar-refractivity contribution in [1.29, 1.82) is 0 Å². The maximum atomic E-state index is 6.61. The summed E-state index contributed by atoms with van der Waals surface area (Å²) < 4.78 is 12.8. The molecule has 2 nitrogen and oxygen atoms in total. The van der Waals surface area contributed by atoms with E-state index in [2.05, 4.69) is 41.5 Å². The highest BCUT2D eigenvalue weighted by atomic mass is 16.5. The summed E-state index contributed by atoms with van der Waals surface area (Å²) in [6.45, 7) is 13.9. The molecule has 0 spiro atoms. The van der Waals surface area contributed by atoms with Gasteiger partial charge >= 0.3 is 0 Å². The summed E-state index contributed by atoms with van der Waals surface area (Å²) in [5.41, 5.74) is 0.530. The van der Waals surface area contributed by atoms with Gasteiger partial charge < -0.3 is 9.47 Å². The summed E-state index contributed by atoms with van der Waals surface area (Å²) in [6.07, 6.45) is 20.5. The maximum absolute atomic E-state index is 6.61. The highest BCUT2D eigenvalue weighted by Gasteiger charge is 2.34. The normalized spacial score (nSPS) is 36.6. The second kappa shape index (κ2) is 10.7. The van der Waals surface area contributed by atoms with Crippen LogP contribution in [0.5, 0.6) is 0 Å². The van der Waals surface area contributed by atoms with Crippen molar-refractivity contribution in [3.05, 3.63) is 0 Å². The quantitative estimate of drug-likeness (QED) is 0.412. The molecule has 0 amide bonds. The Balaban J connectivity index is 1.30. The van der Waals surface area contributed by atoms with Crippen LogP contribution in [0.4, 0.5) is 0 Å². The molecule has 0 radical (unpaired) electrons. The van der Waals surface area contributed by atoms with Gasteiger partial charge in [-0.3, -0.25) is 0 Å². The standard InChI is InChI=1S/C28H52O2/c1-7-28(5,6)23-12-18-25(19-13-23)29-24-14-8-21(9-15-24)20-22-10-16-26(17-11-22)30-27(2,3)4/h21-26H,7-20H2,1-6H3. The van der Waals surface area contributed by atoms with Gasteiger partial charge in [0.1, 0.15) is 0 Å². The van der Waals surface area contributed by atoms with Crippen LogP contribution in [0, 0.1) is 23.2 Å². The van der Waals surface area contributed by atoms with Gasteiger partial charge in [-0.2, -0.15) is 0 Å². The summed E-state index contributed by atoms with van der Waals surface area (Å²) in [6, 6.07) is 0. The van der Waals surface area contributed by atoms with Crippen molar-refractivity contribution in [2.45, 2.75) is 155 Å². The van der Waals surface area contributed by atoms with E-state index in [9.17, 15) is 0 Å². The van der Waals surface area contributed by atoms with E-state index in [0.29, 0.717) is 23.7 Å². The molecule has 3 fully saturated rings. The predicted octanol–water partition coefficient (Wildman–Crippen LogP) is 8.32. The lowest BCUT2D eigenvalue weighted by molar-refractivity contribution is -0.0807. The lowest BCUT2D eigenvalue weighted by Gasteiger charge is -2.40. The summed E-state index contributed by atoms with van der Waals surface area (Å²) in [7, 11) is 0. The monoisotopic (exact) mass is 420 g/mol. The lowest BCUT2D eigenvalue weighted by atomic mass is 9.69. The van der Waals surface area contributed by atoms with Crippen molar-refractivity contribution >= 4 is 0 Å². The molecule has 0 unspecified atom stereocenters. The average molecular weight is 421 g/mol. The van der Waals surface area contributed by atoms with Gasteiger partial charge in [0.05, 0.1) is 23.9 Å².